The summed E-state index contributed by atoms with van der Waals surface area (Å²) in [6.07, 6.45) is 8.04. The molecule has 1 heterocycles. The third kappa shape index (κ3) is 5.49. The topological polar surface area (TPSA) is 66.6 Å². The highest BCUT2D eigenvalue weighted by Crippen LogP contribution is 2.21. The largest absolute Gasteiger partial charge is 0.394 e. The number of carbonyl (C=O) groups is 1. The molecule has 112 valence electrons. The summed E-state index contributed by atoms with van der Waals surface area (Å²) in [4.78, 5) is 14.2. The van der Waals surface area contributed by atoms with Gasteiger partial charge in [0.15, 0.2) is 0 Å². The first-order valence-electron chi connectivity index (χ1n) is 7.83. The third-order valence-corrected chi connectivity index (χ3v) is 4.20. The van der Waals surface area contributed by atoms with Crippen LogP contribution >= 0.6 is 0 Å². The van der Waals surface area contributed by atoms with Crippen LogP contribution in [0.3, 0.4) is 0 Å². The minimum absolute atomic E-state index is 0.0559. The zero-order chi connectivity index (χ0) is 14.1. The van der Waals surface area contributed by atoms with E-state index in [1.54, 1.807) is 0 Å². The molecule has 19 heavy (non-hydrogen) atoms. The van der Waals surface area contributed by atoms with E-state index in [9.17, 15) is 9.90 Å². The van der Waals surface area contributed by atoms with Crippen LogP contribution < -0.4 is 5.73 Å². The van der Waals surface area contributed by atoms with Gasteiger partial charge in [0.2, 0.25) is 5.91 Å². The summed E-state index contributed by atoms with van der Waals surface area (Å²) < 4.78 is 0. The van der Waals surface area contributed by atoms with Crippen LogP contribution in [0.4, 0.5) is 0 Å². The Morgan fingerprint density at radius 3 is 2.79 bits per heavy atom. The van der Waals surface area contributed by atoms with Crippen LogP contribution in [0.2, 0.25) is 0 Å². The maximum Gasteiger partial charge on any atom is 0.222 e. The van der Waals surface area contributed by atoms with E-state index in [0.717, 1.165) is 51.5 Å². The molecular weight excluding hydrogens is 240 g/mol. The lowest BCUT2D eigenvalue weighted by Crippen LogP contribution is -2.45. The van der Waals surface area contributed by atoms with Crippen molar-refractivity contribution in [3.05, 3.63) is 0 Å². The summed E-state index contributed by atoms with van der Waals surface area (Å²) in [5.74, 6) is 0.799. The molecule has 1 saturated heterocycles. The predicted octanol–water partition coefficient (Wildman–Crippen LogP) is 1.91. The highest BCUT2D eigenvalue weighted by Gasteiger charge is 2.26. The Bertz CT molecular complexity index is 253. The molecule has 1 aliphatic rings. The molecule has 0 aromatic heterocycles. The molecule has 0 aliphatic carbocycles. The number of piperidine rings is 1. The SMILES string of the molecule is CCCC(CCN)CCC(=O)N1CCCCC1CO. The second-order valence-electron chi connectivity index (χ2n) is 5.69. The molecule has 2 atom stereocenters. The van der Waals surface area contributed by atoms with E-state index >= 15 is 0 Å². The first kappa shape index (κ1) is 16.4. The van der Waals surface area contributed by atoms with Crippen molar-refractivity contribution in [3.63, 3.8) is 0 Å². The van der Waals surface area contributed by atoms with Gasteiger partial charge >= 0.3 is 0 Å². The van der Waals surface area contributed by atoms with Gasteiger partial charge in [-0.15, -0.1) is 0 Å². The van der Waals surface area contributed by atoms with Gasteiger partial charge in [0.25, 0.3) is 0 Å². The molecule has 1 rings (SSSR count). The number of aliphatic hydroxyl groups excluding tert-OH is 1. The maximum absolute atomic E-state index is 12.3. The Morgan fingerprint density at radius 2 is 2.16 bits per heavy atom. The Hall–Kier alpha value is -0.610. The third-order valence-electron chi connectivity index (χ3n) is 4.20. The van der Waals surface area contributed by atoms with Gasteiger partial charge in [-0.2, -0.15) is 0 Å². The van der Waals surface area contributed by atoms with Crippen molar-refractivity contribution in [3.8, 4) is 0 Å². The monoisotopic (exact) mass is 270 g/mol. The maximum atomic E-state index is 12.3. The van der Waals surface area contributed by atoms with E-state index in [2.05, 4.69) is 6.92 Å². The molecular formula is C15H30N2O2. The van der Waals surface area contributed by atoms with Gasteiger partial charge in [0.1, 0.15) is 0 Å². The van der Waals surface area contributed by atoms with Gasteiger partial charge in [-0.1, -0.05) is 19.8 Å². The van der Waals surface area contributed by atoms with Crippen LogP contribution in [0.25, 0.3) is 0 Å². The van der Waals surface area contributed by atoms with Crippen molar-refractivity contribution < 1.29 is 9.90 Å². The molecule has 0 aromatic rings. The molecule has 2 unspecified atom stereocenters. The summed E-state index contributed by atoms with van der Waals surface area (Å²) in [6.45, 7) is 3.81. The average Bonchev–Trinajstić information content (AvgIpc) is 2.44. The van der Waals surface area contributed by atoms with Crippen LogP contribution in [0.5, 0.6) is 0 Å². The Morgan fingerprint density at radius 1 is 1.37 bits per heavy atom. The number of hydrogen-bond donors (Lipinski definition) is 2. The minimum Gasteiger partial charge on any atom is -0.394 e. The lowest BCUT2D eigenvalue weighted by molar-refractivity contribution is -0.136. The zero-order valence-electron chi connectivity index (χ0n) is 12.3. The number of aliphatic hydroxyl groups is 1. The summed E-state index contributed by atoms with van der Waals surface area (Å²) in [7, 11) is 0. The van der Waals surface area contributed by atoms with Crippen LogP contribution in [-0.2, 0) is 4.79 Å². The molecule has 0 bridgehead atoms. The molecule has 0 saturated carbocycles. The zero-order valence-corrected chi connectivity index (χ0v) is 12.3. The number of amides is 1. The number of likely N-dealkylation sites (tertiary alicyclic amines) is 1. The van der Waals surface area contributed by atoms with Crippen LogP contribution in [0.1, 0.15) is 58.3 Å². The van der Waals surface area contributed by atoms with Gasteiger partial charge in [0.05, 0.1) is 12.6 Å². The van der Waals surface area contributed by atoms with E-state index < -0.39 is 0 Å². The van der Waals surface area contributed by atoms with E-state index in [1.165, 1.54) is 0 Å². The number of nitrogens with two attached hydrogens (primary N) is 1. The number of nitrogens with zero attached hydrogens (tertiary/aromatic N) is 1. The lowest BCUT2D eigenvalue weighted by atomic mass is 9.93. The van der Waals surface area contributed by atoms with Crippen molar-refractivity contribution in [2.75, 3.05) is 19.7 Å². The van der Waals surface area contributed by atoms with E-state index in [4.69, 9.17) is 5.73 Å². The molecule has 4 heteroatoms. The highest BCUT2D eigenvalue weighted by atomic mass is 16.3. The Balaban J connectivity index is 2.39. The fraction of sp³-hybridized carbons (Fsp3) is 0.933. The number of rotatable bonds is 8. The molecule has 1 fully saturated rings. The fourth-order valence-electron chi connectivity index (χ4n) is 3.07. The second kappa shape index (κ2) is 9.32. The van der Waals surface area contributed by atoms with Crippen LogP contribution in [0.15, 0.2) is 0 Å². The van der Waals surface area contributed by atoms with Crippen LogP contribution in [0, 0.1) is 5.92 Å². The summed E-state index contributed by atoms with van der Waals surface area (Å²) >= 11 is 0. The predicted molar refractivity (Wildman–Crippen MR) is 77.7 cm³/mol. The first-order chi connectivity index (χ1) is 9.22. The van der Waals surface area contributed by atoms with Crippen molar-refractivity contribution in [2.24, 2.45) is 11.7 Å². The normalized spacial score (nSPS) is 21.4. The van der Waals surface area contributed by atoms with Gasteiger partial charge in [-0.25, -0.2) is 0 Å². The fourth-order valence-corrected chi connectivity index (χ4v) is 3.07. The molecule has 1 aliphatic heterocycles. The second-order valence-corrected chi connectivity index (χ2v) is 5.69. The van der Waals surface area contributed by atoms with Crippen molar-refractivity contribution >= 4 is 5.91 Å². The van der Waals surface area contributed by atoms with E-state index in [1.807, 2.05) is 4.90 Å². The van der Waals surface area contributed by atoms with Gasteiger partial charge in [-0.05, 0) is 44.6 Å². The average molecular weight is 270 g/mol. The lowest BCUT2D eigenvalue weighted by Gasteiger charge is -2.35. The van der Waals surface area contributed by atoms with Gasteiger partial charge < -0.3 is 15.7 Å². The first-order valence-corrected chi connectivity index (χ1v) is 7.83. The summed E-state index contributed by atoms with van der Waals surface area (Å²) in [5.41, 5.74) is 5.62. The van der Waals surface area contributed by atoms with Crippen molar-refractivity contribution in [1.82, 2.24) is 4.90 Å². The van der Waals surface area contributed by atoms with Gasteiger partial charge in [-0.3, -0.25) is 4.79 Å². The molecule has 3 N–H and O–H groups in total. The Kier molecular flexibility index (Phi) is 8.07. The highest BCUT2D eigenvalue weighted by molar-refractivity contribution is 5.76. The summed E-state index contributed by atoms with van der Waals surface area (Å²) in [5, 5.41) is 9.35. The van der Waals surface area contributed by atoms with Crippen molar-refractivity contribution in [1.29, 1.82) is 0 Å². The molecule has 1 amide bonds. The van der Waals surface area contributed by atoms with Gasteiger partial charge in [0, 0.05) is 13.0 Å². The minimum atomic E-state index is 0.0559. The molecule has 0 radical (unpaired) electrons. The number of hydrogen-bond acceptors (Lipinski definition) is 3. The standard InChI is InChI=1S/C15H30N2O2/c1-2-5-13(9-10-16)7-8-15(19)17-11-4-3-6-14(17)12-18/h13-14,18H,2-12,16H2,1H3. The van der Waals surface area contributed by atoms with E-state index in [-0.39, 0.29) is 18.6 Å². The molecule has 0 spiro atoms. The summed E-state index contributed by atoms with van der Waals surface area (Å²) in [6, 6.07) is 0.0559. The quantitative estimate of drug-likeness (QED) is 0.708. The smallest absolute Gasteiger partial charge is 0.222 e. The van der Waals surface area contributed by atoms with E-state index in [0.29, 0.717) is 18.9 Å². The van der Waals surface area contributed by atoms with Crippen molar-refractivity contribution in [2.45, 2.75) is 64.3 Å². The number of carbonyl (C=O) groups excluding carboxylic acids is 1. The Labute approximate surface area is 117 Å². The molecule has 0 aromatic carbocycles. The molecule has 4 nitrogen and oxygen atoms in total. The van der Waals surface area contributed by atoms with Crippen LogP contribution in [-0.4, -0.2) is 41.7 Å².